The van der Waals surface area contributed by atoms with Gasteiger partial charge < -0.3 is 43.6 Å². The van der Waals surface area contributed by atoms with Crippen molar-refractivity contribution in [3.05, 3.63) is 248 Å². The quantitative estimate of drug-likeness (QED) is 0.0293. The van der Waals surface area contributed by atoms with Crippen LogP contribution < -0.4 is 77.1 Å². The zero-order valence-corrected chi connectivity index (χ0v) is 72.7. The van der Waals surface area contributed by atoms with Crippen molar-refractivity contribution in [2.45, 2.75) is 0 Å². The Morgan fingerprint density at radius 2 is 0.533 bits per heavy atom. The first-order valence-corrected chi connectivity index (χ1v) is 40.3. The van der Waals surface area contributed by atoms with Crippen molar-refractivity contribution in [3.63, 3.8) is 0 Å². The van der Waals surface area contributed by atoms with Gasteiger partial charge in [-0.3, -0.25) is 0 Å². The molecule has 0 spiro atoms. The van der Waals surface area contributed by atoms with Crippen LogP contribution in [0, 0.1) is 6.07 Å². The SMILES string of the molecule is CN(C)c1cccc(O[C](=[Zn])/C(=C\c2[c-]c3nc4nc(nc5[nH]c(nc6nc(nc2[nH]3)-c2cc(Oc3cccc(N(C)C)c3)c(Oc3cccc(N(C)C)c3)cc2-6)c2cc(Oc3cccc(N(C)C)c3)c(Oc3cccc(N(C)C)c3)cc52)-c2cc(Oc3cccc(N(C)C)c3)c(Oc3cccc(N(C)C)c3)cc2-4)Oc2cccc(N(C)C)c2)c1. The number of hydrogen-bond acceptors (Lipinski definition) is 22. The number of aromatic amines is 2. The van der Waals surface area contributed by atoms with Crippen molar-refractivity contribution in [1.82, 2.24) is 39.9 Å². The molecule has 16 rings (SSSR count). The molecule has 5 heterocycles. The molecule has 0 unspecified atom stereocenters. The number of H-pyrrole nitrogens is 2. The van der Waals surface area contributed by atoms with Crippen LogP contribution in [-0.4, -0.2) is 157 Å². The van der Waals surface area contributed by atoms with Crippen LogP contribution in [0.1, 0.15) is 5.56 Å². The zero-order valence-electron chi connectivity index (χ0n) is 69.8. The van der Waals surface area contributed by atoms with Gasteiger partial charge in [0.1, 0.15) is 28.7 Å². The summed E-state index contributed by atoms with van der Waals surface area (Å²) in [5.74, 6) is 8.00. The standard InChI is InChI=1S/C95H89N16O8.Zn/c1-104(2)59-25-17-33-67(43-59)112-57-75(113-68-34-18-26-60(44-68)105(3)4)41-58-42-88-96-89(58)98-91-78-53-84(116-71-37-21-29-63(47-71)108(9)10)85(117-72-38-22-30-64(48-72)109(11)12)54-79(78)93(100-91)102-95-81-56-87(119-74-40-24-32-66(50-74)111(15)16)86(118-73-39-23-31-65(49-73)110(13)14)55-80(81)94(103-95)101-92-77-52-83(115-70-36-20-28-62(46-70)107(7)8)82(51-76(77)90(97-88)99-92)114-69-35-19-27-61(45-69)106(5)6;/h17-41,43-56H,1-16H3,(H2,96,97,98,99,100,101,102,103);/q-1;/b75-41+;. The molecule has 2 N–H and O–H groups in total. The van der Waals surface area contributed by atoms with E-state index in [0.29, 0.717) is 158 Å². The van der Waals surface area contributed by atoms with Gasteiger partial charge in [0.2, 0.25) is 0 Å². The van der Waals surface area contributed by atoms with E-state index >= 15 is 0 Å². The number of hydrogen-bond donors (Lipinski definition) is 2. The zero-order chi connectivity index (χ0) is 83.7. The number of anilines is 8. The van der Waals surface area contributed by atoms with Gasteiger partial charge in [-0.1, -0.05) is 36.4 Å². The molecule has 8 bridgehead atoms. The number of rotatable bonds is 26. The van der Waals surface area contributed by atoms with Crippen molar-refractivity contribution < 1.29 is 55.7 Å². The van der Waals surface area contributed by atoms with Crippen LogP contribution in [0.2, 0.25) is 0 Å². The third-order valence-corrected chi connectivity index (χ3v) is 21.1. The molecular formula is C95H89N16O8Zn-. The van der Waals surface area contributed by atoms with Gasteiger partial charge in [0.25, 0.3) is 0 Å². The molecule has 11 aromatic carbocycles. The number of fused-ring (bicyclic) bond motifs is 17. The van der Waals surface area contributed by atoms with E-state index in [1.165, 1.54) is 0 Å². The van der Waals surface area contributed by atoms with Crippen molar-refractivity contribution in [3.8, 4) is 126 Å². The second-order valence-electron chi connectivity index (χ2n) is 30.6. The van der Waals surface area contributed by atoms with Gasteiger partial charge in [-0.25, -0.2) is 0 Å². The molecule has 120 heavy (non-hydrogen) atoms. The molecule has 3 aromatic heterocycles. The number of nitrogens with one attached hydrogen (secondary N) is 2. The summed E-state index contributed by atoms with van der Waals surface area (Å²) >= 11 is 0.515. The normalized spacial score (nSPS) is 11.4. The number of nitrogens with zero attached hydrogens (tertiary/aromatic N) is 14. The summed E-state index contributed by atoms with van der Waals surface area (Å²) in [7, 11) is 31.8. The van der Waals surface area contributed by atoms with Crippen molar-refractivity contribution in [1.29, 1.82) is 0 Å². The Bertz CT molecular complexity index is 6500. The van der Waals surface area contributed by atoms with Crippen LogP contribution in [0.15, 0.2) is 236 Å². The van der Waals surface area contributed by atoms with E-state index in [2.05, 4.69) is 16.0 Å². The monoisotopic (exact) mass is 1650 g/mol. The summed E-state index contributed by atoms with van der Waals surface area (Å²) in [4.78, 5) is 56.8. The molecule has 0 amide bonds. The number of ether oxygens (including phenoxy) is 8. The second-order valence-corrected chi connectivity index (χ2v) is 31.9. The van der Waals surface area contributed by atoms with Crippen molar-refractivity contribution in [2.75, 3.05) is 152 Å². The topological polar surface area (TPSA) is 209 Å². The van der Waals surface area contributed by atoms with Crippen LogP contribution in [0.25, 0.3) is 85.0 Å². The van der Waals surface area contributed by atoms with E-state index in [0.717, 1.165) is 45.5 Å². The maximum atomic E-state index is 7.07. The maximum absolute atomic E-state index is 7.07. The molecule has 0 atom stereocenters. The average Bonchev–Trinajstić information content (AvgIpc) is 1.58. The predicted molar refractivity (Wildman–Crippen MR) is 478 cm³/mol. The van der Waals surface area contributed by atoms with Crippen molar-refractivity contribution in [2.24, 2.45) is 0 Å². The molecule has 0 fully saturated rings. The Morgan fingerprint density at radius 3 is 0.825 bits per heavy atom. The van der Waals surface area contributed by atoms with Gasteiger partial charge in [-0.05, 0) is 84.9 Å². The fraction of sp³-hybridized carbons (Fsp3) is 0.168. The summed E-state index contributed by atoms with van der Waals surface area (Å²) in [6, 6.07) is 77.9. The van der Waals surface area contributed by atoms with Crippen LogP contribution in [0.4, 0.5) is 45.5 Å². The summed E-state index contributed by atoms with van der Waals surface area (Å²) in [6.45, 7) is 0. The average molecular weight is 1650 g/mol. The Hall–Kier alpha value is -14.4. The Balaban J connectivity index is 1.02. The van der Waals surface area contributed by atoms with E-state index in [1.54, 1.807) is 0 Å². The molecule has 600 valence electrons. The van der Waals surface area contributed by atoms with E-state index < -0.39 is 0 Å². The summed E-state index contributed by atoms with van der Waals surface area (Å²) in [5, 5.41) is 1.15. The predicted octanol–water partition coefficient (Wildman–Crippen LogP) is 20.0. The second kappa shape index (κ2) is 33.6. The molecule has 2 aliphatic heterocycles. The summed E-state index contributed by atoms with van der Waals surface area (Å²) < 4.78 is 56.8. The third kappa shape index (κ3) is 17.5. The van der Waals surface area contributed by atoms with E-state index in [1.807, 2.05) is 389 Å². The molecule has 25 heteroatoms. The Labute approximate surface area is 706 Å². The summed E-state index contributed by atoms with van der Waals surface area (Å²) in [5.41, 5.74) is 11.2. The van der Waals surface area contributed by atoms with Gasteiger partial charge >= 0.3 is 345 Å². The van der Waals surface area contributed by atoms with E-state index in [4.69, 9.17) is 67.8 Å². The minimum atomic E-state index is 0.222. The molecule has 24 nitrogen and oxygen atoms in total. The fourth-order valence-corrected chi connectivity index (χ4v) is 14.3. The molecular weight excluding hydrogens is 1560 g/mol. The fourth-order valence-electron chi connectivity index (χ4n) is 13.5. The van der Waals surface area contributed by atoms with Gasteiger partial charge in [-0.2, -0.15) is 0 Å². The van der Waals surface area contributed by atoms with Crippen LogP contribution in [0.3, 0.4) is 0 Å². The molecule has 0 aliphatic carbocycles. The molecule has 0 saturated heterocycles. The molecule has 14 aromatic rings. The first-order valence-electron chi connectivity index (χ1n) is 38.9. The minimum absolute atomic E-state index is 0.222. The van der Waals surface area contributed by atoms with E-state index in [-0.39, 0.29) is 34.6 Å². The van der Waals surface area contributed by atoms with Crippen LogP contribution >= 0.6 is 0 Å². The molecule has 0 saturated carbocycles. The molecule has 2 aliphatic rings. The van der Waals surface area contributed by atoms with Crippen LogP contribution in [-0.2, 0) is 17.9 Å². The Morgan fingerprint density at radius 1 is 0.283 bits per heavy atom. The first kappa shape index (κ1) is 79.4. The van der Waals surface area contributed by atoms with Gasteiger partial charge in [0.05, 0.1) is 0 Å². The Kier molecular flexibility index (Phi) is 22.3. The number of aromatic nitrogens is 8. The van der Waals surface area contributed by atoms with Gasteiger partial charge in [-0.15, -0.1) is 0 Å². The number of benzene rings is 11. The van der Waals surface area contributed by atoms with E-state index in [9.17, 15) is 0 Å². The van der Waals surface area contributed by atoms with Crippen molar-refractivity contribution >= 4 is 89.2 Å². The van der Waals surface area contributed by atoms with Gasteiger partial charge in [0.15, 0.2) is 11.5 Å². The summed E-state index contributed by atoms with van der Waals surface area (Å²) in [6.07, 6.45) is 1.86. The molecule has 0 radical (unpaired) electrons. The van der Waals surface area contributed by atoms with Gasteiger partial charge in [0, 0.05) is 160 Å². The van der Waals surface area contributed by atoms with Crippen LogP contribution in [0.5, 0.6) is 80.5 Å². The first-order chi connectivity index (χ1) is 57.8. The third-order valence-electron chi connectivity index (χ3n) is 20.1.